The van der Waals surface area contributed by atoms with Gasteiger partial charge in [0.25, 0.3) is 5.91 Å². The summed E-state index contributed by atoms with van der Waals surface area (Å²) in [4.78, 5) is 16.6. The van der Waals surface area contributed by atoms with Crippen LogP contribution >= 0.6 is 0 Å². The summed E-state index contributed by atoms with van der Waals surface area (Å²) in [7, 11) is 1.57. The number of methoxy groups -OCH3 is 1. The first kappa shape index (κ1) is 17.4. The lowest BCUT2D eigenvalue weighted by molar-refractivity contribution is -0.107. The topological polar surface area (TPSA) is 114 Å². The summed E-state index contributed by atoms with van der Waals surface area (Å²) < 4.78 is 15.7. The van der Waals surface area contributed by atoms with E-state index < -0.39 is 24.2 Å². The second-order valence-electron chi connectivity index (χ2n) is 5.71. The van der Waals surface area contributed by atoms with Crippen molar-refractivity contribution >= 4 is 5.91 Å². The maximum Gasteiger partial charge on any atom is 0.274 e. The van der Waals surface area contributed by atoms with Gasteiger partial charge in [-0.15, -0.1) is 0 Å². The molecule has 0 saturated carbocycles. The smallest absolute Gasteiger partial charge is 0.274 e. The number of aliphatic hydroxyl groups is 2. The fraction of sp³-hybridized carbons (Fsp3) is 0.412. The van der Waals surface area contributed by atoms with E-state index in [4.69, 9.17) is 13.9 Å². The molecule has 0 unspecified atom stereocenters. The van der Waals surface area contributed by atoms with Crippen LogP contribution in [0.1, 0.15) is 16.9 Å². The van der Waals surface area contributed by atoms with Crippen molar-refractivity contribution in [1.29, 1.82) is 0 Å². The van der Waals surface area contributed by atoms with Crippen LogP contribution < -0.4 is 10.1 Å². The number of carbonyl (C=O) groups is 1. The van der Waals surface area contributed by atoms with Gasteiger partial charge in [0.15, 0.2) is 17.8 Å². The predicted octanol–water partition coefficient (Wildman–Crippen LogP) is 0.591. The predicted molar refractivity (Wildman–Crippen MR) is 87.2 cm³/mol. The molecule has 1 amide bonds. The quantitative estimate of drug-likeness (QED) is 0.724. The molecule has 134 valence electrons. The molecule has 0 aliphatic carbocycles. The van der Waals surface area contributed by atoms with Crippen LogP contribution in [0.3, 0.4) is 0 Å². The van der Waals surface area contributed by atoms with Crippen molar-refractivity contribution in [2.75, 3.05) is 20.3 Å². The molecule has 0 bridgehead atoms. The number of amides is 1. The van der Waals surface area contributed by atoms with Gasteiger partial charge in [-0.05, 0) is 30.7 Å². The molecule has 1 aliphatic rings. The second kappa shape index (κ2) is 7.64. The third-order valence-corrected chi connectivity index (χ3v) is 4.19. The van der Waals surface area contributed by atoms with Crippen LogP contribution in [0.15, 0.2) is 35.1 Å². The Bertz CT molecular complexity index is 714. The number of ether oxygens (including phenoxy) is 2. The summed E-state index contributed by atoms with van der Waals surface area (Å²) in [5.74, 6) is 0.567. The van der Waals surface area contributed by atoms with Crippen molar-refractivity contribution in [2.45, 2.75) is 24.7 Å². The average molecular weight is 348 g/mol. The summed E-state index contributed by atoms with van der Waals surface area (Å²) >= 11 is 0. The highest BCUT2D eigenvalue weighted by Crippen LogP contribution is 2.25. The van der Waals surface area contributed by atoms with Crippen LogP contribution in [0.4, 0.5) is 0 Å². The number of nitrogens with one attached hydrogen (secondary N) is 1. The molecule has 2 aromatic rings. The molecule has 3 N–H and O–H groups in total. The van der Waals surface area contributed by atoms with Crippen molar-refractivity contribution in [3.05, 3.63) is 36.4 Å². The third-order valence-electron chi connectivity index (χ3n) is 4.19. The molecule has 0 radical (unpaired) electrons. The summed E-state index contributed by atoms with van der Waals surface area (Å²) in [6, 6.07) is 6.52. The number of aliphatic hydroxyl groups excluding tert-OH is 2. The first-order valence-corrected chi connectivity index (χ1v) is 7.93. The Labute approximate surface area is 144 Å². The zero-order valence-corrected chi connectivity index (χ0v) is 13.7. The Balaban J connectivity index is 1.76. The highest BCUT2D eigenvalue weighted by atomic mass is 16.5. The lowest BCUT2D eigenvalue weighted by Gasteiger charge is -2.34. The number of carbonyl (C=O) groups excluding carboxylic acids is 1. The van der Waals surface area contributed by atoms with Gasteiger partial charge in [-0.3, -0.25) is 4.79 Å². The summed E-state index contributed by atoms with van der Waals surface area (Å²) in [6.45, 7) is 0.0337. The largest absolute Gasteiger partial charge is 0.497 e. The molecule has 3 atom stereocenters. The number of oxazole rings is 1. The van der Waals surface area contributed by atoms with E-state index in [1.54, 1.807) is 31.4 Å². The SMILES string of the molecule is COc1ccc(-c2ocnc2C(=O)N[C@H]2CCO[C@H](CO)[C@H]2O)cc1. The molecule has 0 spiro atoms. The van der Waals surface area contributed by atoms with Gasteiger partial charge in [0.05, 0.1) is 19.8 Å². The molecular weight excluding hydrogens is 328 g/mol. The van der Waals surface area contributed by atoms with E-state index in [2.05, 4.69) is 10.3 Å². The normalized spacial score (nSPS) is 23.2. The molecular formula is C17H20N2O6. The van der Waals surface area contributed by atoms with Gasteiger partial charge in [-0.25, -0.2) is 4.98 Å². The van der Waals surface area contributed by atoms with E-state index >= 15 is 0 Å². The Morgan fingerprint density at radius 2 is 2.16 bits per heavy atom. The molecule has 2 heterocycles. The average Bonchev–Trinajstić information content (AvgIpc) is 3.13. The fourth-order valence-corrected chi connectivity index (χ4v) is 2.78. The fourth-order valence-electron chi connectivity index (χ4n) is 2.78. The minimum Gasteiger partial charge on any atom is -0.497 e. The Morgan fingerprint density at radius 1 is 1.40 bits per heavy atom. The van der Waals surface area contributed by atoms with E-state index in [9.17, 15) is 15.0 Å². The first-order valence-electron chi connectivity index (χ1n) is 7.93. The minimum atomic E-state index is -0.987. The van der Waals surface area contributed by atoms with Crippen LogP contribution in [0.25, 0.3) is 11.3 Å². The lowest BCUT2D eigenvalue weighted by atomic mass is 9.99. The van der Waals surface area contributed by atoms with E-state index in [1.165, 1.54) is 6.39 Å². The van der Waals surface area contributed by atoms with Crippen LogP contribution in [-0.2, 0) is 4.74 Å². The molecule has 8 heteroatoms. The Morgan fingerprint density at radius 3 is 2.84 bits per heavy atom. The number of hydrogen-bond acceptors (Lipinski definition) is 7. The summed E-state index contributed by atoms with van der Waals surface area (Å²) in [5.41, 5.74) is 0.814. The zero-order valence-electron chi connectivity index (χ0n) is 13.7. The van der Waals surface area contributed by atoms with Crippen LogP contribution in [0, 0.1) is 0 Å². The monoisotopic (exact) mass is 348 g/mol. The molecule has 3 rings (SSSR count). The molecule has 1 aromatic heterocycles. The van der Waals surface area contributed by atoms with Gasteiger partial charge < -0.3 is 29.4 Å². The van der Waals surface area contributed by atoms with Crippen molar-refractivity contribution < 1.29 is 28.9 Å². The molecule has 1 aromatic carbocycles. The van der Waals surface area contributed by atoms with E-state index in [0.717, 1.165) is 0 Å². The van der Waals surface area contributed by atoms with Crippen molar-refractivity contribution in [2.24, 2.45) is 0 Å². The summed E-state index contributed by atoms with van der Waals surface area (Å²) in [5, 5.41) is 22.1. The molecule has 1 fully saturated rings. The standard InChI is InChI=1S/C17H20N2O6/c1-23-11-4-2-10(3-5-11)16-14(18-9-25-16)17(22)19-12-6-7-24-13(8-20)15(12)21/h2-5,9,12-13,15,20-21H,6-8H2,1H3,(H,19,22)/t12-,13+,15-/m0/s1. The first-order chi connectivity index (χ1) is 12.1. The van der Waals surface area contributed by atoms with Gasteiger partial charge in [0.2, 0.25) is 0 Å². The molecule has 1 aliphatic heterocycles. The van der Waals surface area contributed by atoms with E-state index in [-0.39, 0.29) is 12.3 Å². The maximum atomic E-state index is 12.6. The van der Waals surface area contributed by atoms with Crippen molar-refractivity contribution in [3.8, 4) is 17.1 Å². The van der Waals surface area contributed by atoms with Gasteiger partial charge in [-0.2, -0.15) is 0 Å². The number of benzene rings is 1. The number of rotatable bonds is 5. The lowest BCUT2D eigenvalue weighted by Crippen LogP contribution is -2.54. The van der Waals surface area contributed by atoms with E-state index in [1.807, 2.05) is 0 Å². The van der Waals surface area contributed by atoms with Gasteiger partial charge >= 0.3 is 0 Å². The van der Waals surface area contributed by atoms with Crippen LogP contribution in [0.5, 0.6) is 5.75 Å². The van der Waals surface area contributed by atoms with Gasteiger partial charge in [0.1, 0.15) is 18.0 Å². The molecule has 25 heavy (non-hydrogen) atoms. The van der Waals surface area contributed by atoms with Crippen molar-refractivity contribution in [1.82, 2.24) is 10.3 Å². The van der Waals surface area contributed by atoms with E-state index in [0.29, 0.717) is 30.1 Å². The number of aromatic nitrogens is 1. The summed E-state index contributed by atoms with van der Waals surface area (Å²) in [6.07, 6.45) is -0.0543. The molecule has 1 saturated heterocycles. The second-order valence-corrected chi connectivity index (χ2v) is 5.71. The van der Waals surface area contributed by atoms with Gasteiger partial charge in [-0.1, -0.05) is 0 Å². The Kier molecular flexibility index (Phi) is 5.32. The highest BCUT2D eigenvalue weighted by molar-refractivity contribution is 5.97. The highest BCUT2D eigenvalue weighted by Gasteiger charge is 2.34. The zero-order chi connectivity index (χ0) is 17.8. The number of nitrogens with zero attached hydrogens (tertiary/aromatic N) is 1. The van der Waals surface area contributed by atoms with Gasteiger partial charge in [0, 0.05) is 12.2 Å². The maximum absolute atomic E-state index is 12.6. The van der Waals surface area contributed by atoms with Crippen molar-refractivity contribution in [3.63, 3.8) is 0 Å². The number of hydrogen-bond donors (Lipinski definition) is 3. The van der Waals surface area contributed by atoms with Crippen LogP contribution in [0.2, 0.25) is 0 Å². The van der Waals surface area contributed by atoms with Crippen LogP contribution in [-0.4, -0.2) is 59.7 Å². The Hall–Kier alpha value is -2.42. The third kappa shape index (κ3) is 3.65. The molecule has 8 nitrogen and oxygen atoms in total. The minimum absolute atomic E-state index is 0.129.